The molecule has 1 heterocycles. The molecule has 3 N–H and O–H groups in total. The van der Waals surface area contributed by atoms with Crippen molar-refractivity contribution >= 4 is 17.6 Å². The summed E-state index contributed by atoms with van der Waals surface area (Å²) < 4.78 is 5.10. The number of pyridine rings is 1. The maximum absolute atomic E-state index is 8.55. The van der Waals surface area contributed by atoms with Crippen LogP contribution in [0.2, 0.25) is 0 Å². The summed E-state index contributed by atoms with van der Waals surface area (Å²) in [5.41, 5.74) is 5.89. The van der Waals surface area contributed by atoms with Gasteiger partial charge in [-0.1, -0.05) is 16.9 Å². The quantitative estimate of drug-likeness (QED) is 0.387. The van der Waals surface area contributed by atoms with Crippen molar-refractivity contribution in [2.75, 3.05) is 7.11 Å². The van der Waals surface area contributed by atoms with Crippen LogP contribution in [0, 0.1) is 0 Å². The van der Waals surface area contributed by atoms with Crippen LogP contribution in [0.15, 0.2) is 57.5 Å². The second kappa shape index (κ2) is 6.10. The second-order valence-corrected chi connectivity index (χ2v) is 4.79. The Kier molecular flexibility index (Phi) is 4.25. The van der Waals surface area contributed by atoms with Crippen LogP contribution in [0.25, 0.3) is 0 Å². The number of nitrogens with zero attached hydrogens (tertiary/aromatic N) is 2. The largest absolute Gasteiger partial charge is 0.497 e. The lowest BCUT2D eigenvalue weighted by atomic mass is 10.3. The van der Waals surface area contributed by atoms with Crippen molar-refractivity contribution in [2.45, 2.75) is 9.79 Å². The van der Waals surface area contributed by atoms with Crippen molar-refractivity contribution in [3.63, 3.8) is 0 Å². The predicted octanol–water partition coefficient (Wildman–Crippen LogP) is 2.34. The molecule has 0 aliphatic rings. The van der Waals surface area contributed by atoms with Gasteiger partial charge in [0.2, 0.25) is 0 Å². The fourth-order valence-electron chi connectivity index (χ4n) is 1.42. The van der Waals surface area contributed by atoms with E-state index in [-0.39, 0.29) is 5.84 Å². The minimum absolute atomic E-state index is 0.000924. The van der Waals surface area contributed by atoms with Crippen LogP contribution in [0.4, 0.5) is 0 Å². The van der Waals surface area contributed by atoms with Crippen molar-refractivity contribution in [2.24, 2.45) is 10.9 Å². The Morgan fingerprint density at radius 1 is 1.21 bits per heavy atom. The molecule has 19 heavy (non-hydrogen) atoms. The van der Waals surface area contributed by atoms with Gasteiger partial charge in [0.05, 0.1) is 7.11 Å². The van der Waals surface area contributed by atoms with Gasteiger partial charge in [0, 0.05) is 16.0 Å². The zero-order valence-corrected chi connectivity index (χ0v) is 11.1. The number of amidine groups is 1. The lowest BCUT2D eigenvalue weighted by Crippen LogP contribution is -2.14. The van der Waals surface area contributed by atoms with Crippen molar-refractivity contribution in [1.82, 2.24) is 4.98 Å². The molecule has 0 fully saturated rings. The molecule has 0 bridgehead atoms. The van der Waals surface area contributed by atoms with Gasteiger partial charge in [-0.3, -0.25) is 4.98 Å². The van der Waals surface area contributed by atoms with E-state index in [4.69, 9.17) is 15.7 Å². The lowest BCUT2D eigenvalue weighted by molar-refractivity contribution is 0.318. The van der Waals surface area contributed by atoms with Gasteiger partial charge in [-0.2, -0.15) is 0 Å². The Morgan fingerprint density at radius 2 is 1.89 bits per heavy atom. The molecule has 0 saturated carbocycles. The molecule has 2 rings (SSSR count). The number of hydrogen-bond acceptors (Lipinski definition) is 5. The maximum Gasteiger partial charge on any atom is 0.188 e. The molecule has 0 atom stereocenters. The molecule has 0 unspecified atom stereocenters. The average molecular weight is 275 g/mol. The summed E-state index contributed by atoms with van der Waals surface area (Å²) in [6.45, 7) is 0. The van der Waals surface area contributed by atoms with Crippen LogP contribution in [-0.4, -0.2) is 23.1 Å². The first-order valence-corrected chi connectivity index (χ1v) is 6.30. The average Bonchev–Trinajstić information content (AvgIpc) is 2.48. The Labute approximate surface area is 115 Å². The number of aromatic nitrogens is 1. The van der Waals surface area contributed by atoms with Crippen molar-refractivity contribution in [3.05, 3.63) is 48.3 Å². The Balaban J connectivity index is 2.10. The van der Waals surface area contributed by atoms with E-state index in [0.29, 0.717) is 5.69 Å². The third kappa shape index (κ3) is 3.38. The SMILES string of the molecule is COc1ccc(Sc2ccc(/C(N)=N/O)nc2)cc1. The van der Waals surface area contributed by atoms with Gasteiger partial charge in [0.25, 0.3) is 0 Å². The van der Waals surface area contributed by atoms with E-state index in [9.17, 15) is 0 Å². The number of oxime groups is 1. The highest BCUT2D eigenvalue weighted by atomic mass is 32.2. The van der Waals surface area contributed by atoms with Crippen LogP contribution in [0.1, 0.15) is 5.69 Å². The Bertz CT molecular complexity index is 567. The first-order chi connectivity index (χ1) is 9.22. The highest BCUT2D eigenvalue weighted by Crippen LogP contribution is 2.28. The van der Waals surface area contributed by atoms with E-state index in [1.807, 2.05) is 30.3 Å². The van der Waals surface area contributed by atoms with E-state index >= 15 is 0 Å². The highest BCUT2D eigenvalue weighted by Gasteiger charge is 2.02. The van der Waals surface area contributed by atoms with Crippen molar-refractivity contribution in [3.8, 4) is 5.75 Å². The predicted molar refractivity (Wildman–Crippen MR) is 73.9 cm³/mol. The van der Waals surface area contributed by atoms with Gasteiger partial charge in [-0.15, -0.1) is 0 Å². The van der Waals surface area contributed by atoms with E-state index < -0.39 is 0 Å². The minimum Gasteiger partial charge on any atom is -0.497 e. The number of ether oxygens (including phenoxy) is 1. The van der Waals surface area contributed by atoms with Crippen molar-refractivity contribution in [1.29, 1.82) is 0 Å². The van der Waals surface area contributed by atoms with Crippen molar-refractivity contribution < 1.29 is 9.94 Å². The highest BCUT2D eigenvalue weighted by molar-refractivity contribution is 7.99. The number of rotatable bonds is 4. The molecule has 2 aromatic rings. The van der Waals surface area contributed by atoms with Gasteiger partial charge in [-0.25, -0.2) is 0 Å². The molecule has 0 saturated heterocycles. The first-order valence-electron chi connectivity index (χ1n) is 5.49. The number of nitrogens with two attached hydrogens (primary N) is 1. The van der Waals surface area contributed by atoms with E-state index in [0.717, 1.165) is 15.5 Å². The summed E-state index contributed by atoms with van der Waals surface area (Å²) in [5, 5.41) is 11.5. The molecular weight excluding hydrogens is 262 g/mol. The van der Waals surface area contributed by atoms with Gasteiger partial charge in [0.15, 0.2) is 5.84 Å². The number of hydrogen-bond donors (Lipinski definition) is 2. The fourth-order valence-corrected chi connectivity index (χ4v) is 2.21. The maximum atomic E-state index is 8.55. The first kappa shape index (κ1) is 13.2. The third-order valence-corrected chi connectivity index (χ3v) is 3.39. The van der Waals surface area contributed by atoms with Gasteiger partial charge in [0.1, 0.15) is 11.4 Å². The lowest BCUT2D eigenvalue weighted by Gasteiger charge is -2.04. The van der Waals surface area contributed by atoms with Gasteiger partial charge < -0.3 is 15.7 Å². The van der Waals surface area contributed by atoms with Crippen LogP contribution >= 0.6 is 11.8 Å². The van der Waals surface area contributed by atoms with Gasteiger partial charge >= 0.3 is 0 Å². The van der Waals surface area contributed by atoms with E-state index in [1.165, 1.54) is 0 Å². The van der Waals surface area contributed by atoms with E-state index in [1.54, 1.807) is 31.1 Å². The Hall–Kier alpha value is -2.21. The summed E-state index contributed by atoms with van der Waals surface area (Å²) in [6.07, 6.45) is 1.68. The zero-order chi connectivity index (χ0) is 13.7. The van der Waals surface area contributed by atoms with Crippen LogP contribution in [-0.2, 0) is 0 Å². The van der Waals surface area contributed by atoms with Crippen LogP contribution in [0.5, 0.6) is 5.75 Å². The molecule has 0 aliphatic carbocycles. The monoisotopic (exact) mass is 275 g/mol. The Morgan fingerprint density at radius 3 is 2.42 bits per heavy atom. The van der Waals surface area contributed by atoms with Crippen LogP contribution < -0.4 is 10.5 Å². The molecule has 0 aliphatic heterocycles. The van der Waals surface area contributed by atoms with E-state index in [2.05, 4.69) is 10.1 Å². The smallest absolute Gasteiger partial charge is 0.188 e. The van der Waals surface area contributed by atoms with Gasteiger partial charge in [-0.05, 0) is 36.4 Å². The summed E-state index contributed by atoms with van der Waals surface area (Å²) in [7, 11) is 1.64. The molecule has 0 spiro atoms. The normalized spacial score (nSPS) is 11.3. The summed E-state index contributed by atoms with van der Waals surface area (Å²) >= 11 is 1.57. The third-order valence-electron chi connectivity index (χ3n) is 2.40. The van der Waals surface area contributed by atoms with Crippen LogP contribution in [0.3, 0.4) is 0 Å². The fraction of sp³-hybridized carbons (Fsp3) is 0.0769. The molecule has 1 aromatic carbocycles. The summed E-state index contributed by atoms with van der Waals surface area (Å²) in [5.74, 6) is 0.825. The molecule has 98 valence electrons. The topological polar surface area (TPSA) is 80.7 Å². The number of methoxy groups -OCH3 is 1. The standard InChI is InChI=1S/C13H13N3O2S/c1-18-9-2-4-10(5-3-9)19-11-6-7-12(15-8-11)13(14)16-17/h2-8,17H,1H3,(H2,14,16). The summed E-state index contributed by atoms with van der Waals surface area (Å²) in [6, 6.07) is 11.3. The second-order valence-electron chi connectivity index (χ2n) is 3.64. The molecule has 0 radical (unpaired) electrons. The minimum atomic E-state index is 0.000924. The number of benzene rings is 1. The summed E-state index contributed by atoms with van der Waals surface area (Å²) in [4.78, 5) is 6.17. The molecule has 0 amide bonds. The molecule has 1 aromatic heterocycles. The molecular formula is C13H13N3O2S. The molecule has 5 nitrogen and oxygen atoms in total. The zero-order valence-electron chi connectivity index (χ0n) is 10.3. The molecule has 6 heteroatoms.